The van der Waals surface area contributed by atoms with Gasteiger partial charge in [-0.3, -0.25) is 9.69 Å². The number of aryl methyl sites for hydroxylation is 1. The van der Waals surface area contributed by atoms with Crippen molar-refractivity contribution in [1.29, 1.82) is 0 Å². The molecule has 1 aromatic heterocycles. The number of urea groups is 1. The molecule has 0 saturated carbocycles. The highest BCUT2D eigenvalue weighted by atomic mass is 16.5. The van der Waals surface area contributed by atoms with Gasteiger partial charge in [0.05, 0.1) is 12.7 Å². The van der Waals surface area contributed by atoms with Crippen molar-refractivity contribution in [2.45, 2.75) is 34.1 Å². The zero-order valence-electron chi connectivity index (χ0n) is 17.3. The molecule has 1 aromatic carbocycles. The van der Waals surface area contributed by atoms with Crippen molar-refractivity contribution in [3.63, 3.8) is 0 Å². The average molecular weight is 395 g/mol. The van der Waals surface area contributed by atoms with Gasteiger partial charge in [-0.1, -0.05) is 13.0 Å². The number of carbonyl (C=O) groups is 3. The Bertz CT molecular complexity index is 1030. The number of aromatic nitrogens is 1. The minimum absolute atomic E-state index is 0.267. The van der Waals surface area contributed by atoms with E-state index in [1.54, 1.807) is 12.1 Å². The van der Waals surface area contributed by atoms with Crippen LogP contribution < -0.4 is 5.32 Å². The third-order valence-electron chi connectivity index (χ3n) is 5.13. The number of hydrogen-bond donors (Lipinski definition) is 1. The summed E-state index contributed by atoms with van der Waals surface area (Å²) in [5, 5.41) is 2.65. The van der Waals surface area contributed by atoms with Crippen LogP contribution in [0.1, 0.15) is 46.2 Å². The van der Waals surface area contributed by atoms with Crippen molar-refractivity contribution in [3.8, 4) is 5.69 Å². The SMILES string of the molecule is CCCN1C(=O)N/C(=C/c2cc(C)n(-c3cccc(C(=O)OC)c3C)c2C)C1=O. The zero-order chi connectivity index (χ0) is 21.3. The van der Waals surface area contributed by atoms with Gasteiger partial charge in [0, 0.05) is 23.6 Å². The normalized spacial score (nSPS) is 15.2. The number of imide groups is 1. The maximum Gasteiger partial charge on any atom is 0.338 e. The molecule has 0 unspecified atom stereocenters. The summed E-state index contributed by atoms with van der Waals surface area (Å²) in [6.07, 6.45) is 2.41. The van der Waals surface area contributed by atoms with Gasteiger partial charge in [0.15, 0.2) is 0 Å². The van der Waals surface area contributed by atoms with Gasteiger partial charge in [0.2, 0.25) is 0 Å². The molecule has 3 rings (SSSR count). The number of ether oxygens (including phenoxy) is 1. The van der Waals surface area contributed by atoms with Crippen LogP contribution in [0.25, 0.3) is 11.8 Å². The molecular formula is C22H25N3O4. The molecule has 0 spiro atoms. The second-order valence-corrected chi connectivity index (χ2v) is 7.05. The molecule has 3 amide bonds. The second kappa shape index (κ2) is 7.95. The Morgan fingerprint density at radius 1 is 1.21 bits per heavy atom. The van der Waals surface area contributed by atoms with Crippen molar-refractivity contribution < 1.29 is 19.1 Å². The van der Waals surface area contributed by atoms with Gasteiger partial charge in [-0.15, -0.1) is 0 Å². The Kier molecular flexibility index (Phi) is 5.59. The molecule has 7 nitrogen and oxygen atoms in total. The first kappa shape index (κ1) is 20.4. The van der Waals surface area contributed by atoms with E-state index < -0.39 is 6.03 Å². The highest BCUT2D eigenvalue weighted by Crippen LogP contribution is 2.27. The first-order valence-electron chi connectivity index (χ1n) is 9.51. The summed E-state index contributed by atoms with van der Waals surface area (Å²) in [6.45, 7) is 8.08. The molecule has 0 radical (unpaired) electrons. The zero-order valence-corrected chi connectivity index (χ0v) is 17.3. The van der Waals surface area contributed by atoms with E-state index in [0.29, 0.717) is 18.5 Å². The topological polar surface area (TPSA) is 80.6 Å². The minimum atomic E-state index is -0.390. The first-order chi connectivity index (χ1) is 13.8. The van der Waals surface area contributed by atoms with E-state index in [4.69, 9.17) is 4.74 Å². The van der Waals surface area contributed by atoms with Crippen LogP contribution in [0.5, 0.6) is 0 Å². The van der Waals surface area contributed by atoms with Crippen LogP contribution in [0.2, 0.25) is 0 Å². The van der Waals surface area contributed by atoms with Gasteiger partial charge < -0.3 is 14.6 Å². The Morgan fingerprint density at radius 3 is 2.59 bits per heavy atom. The van der Waals surface area contributed by atoms with E-state index in [-0.39, 0.29) is 17.6 Å². The molecule has 1 fully saturated rings. The monoisotopic (exact) mass is 395 g/mol. The van der Waals surface area contributed by atoms with Crippen LogP contribution >= 0.6 is 0 Å². The molecule has 1 N–H and O–H groups in total. The summed E-state index contributed by atoms with van der Waals surface area (Å²) < 4.78 is 6.90. The average Bonchev–Trinajstić information content (AvgIpc) is 3.11. The Morgan fingerprint density at radius 2 is 1.93 bits per heavy atom. The van der Waals surface area contributed by atoms with Gasteiger partial charge in [-0.25, -0.2) is 9.59 Å². The molecule has 0 atom stereocenters. The summed E-state index contributed by atoms with van der Waals surface area (Å²) in [7, 11) is 1.36. The lowest BCUT2D eigenvalue weighted by atomic mass is 10.1. The number of methoxy groups -OCH3 is 1. The minimum Gasteiger partial charge on any atom is -0.465 e. The van der Waals surface area contributed by atoms with E-state index in [9.17, 15) is 14.4 Å². The Hall–Kier alpha value is -3.35. The van der Waals surface area contributed by atoms with E-state index >= 15 is 0 Å². The number of carbonyl (C=O) groups excluding carboxylic acids is 3. The number of benzene rings is 1. The maximum atomic E-state index is 12.5. The Labute approximate surface area is 169 Å². The molecule has 0 aliphatic carbocycles. The van der Waals surface area contributed by atoms with E-state index in [1.165, 1.54) is 12.0 Å². The van der Waals surface area contributed by atoms with Crippen molar-refractivity contribution in [2.75, 3.05) is 13.7 Å². The summed E-state index contributed by atoms with van der Waals surface area (Å²) in [4.78, 5) is 37.8. The number of amides is 3. The van der Waals surface area contributed by atoms with Crippen LogP contribution in [0.3, 0.4) is 0 Å². The maximum absolute atomic E-state index is 12.5. The number of esters is 1. The second-order valence-electron chi connectivity index (χ2n) is 7.05. The van der Waals surface area contributed by atoms with Crippen molar-refractivity contribution >= 4 is 24.0 Å². The highest BCUT2D eigenvalue weighted by molar-refractivity contribution is 6.14. The van der Waals surface area contributed by atoms with Crippen molar-refractivity contribution in [1.82, 2.24) is 14.8 Å². The van der Waals surface area contributed by atoms with Crippen LogP contribution in [0.4, 0.5) is 4.79 Å². The van der Waals surface area contributed by atoms with Gasteiger partial charge in [-0.05, 0) is 62.6 Å². The summed E-state index contributed by atoms with van der Waals surface area (Å²) >= 11 is 0. The number of hydrogen-bond acceptors (Lipinski definition) is 4. The Balaban J connectivity index is 2.04. The van der Waals surface area contributed by atoms with Gasteiger partial charge >= 0.3 is 12.0 Å². The largest absolute Gasteiger partial charge is 0.465 e. The molecule has 152 valence electrons. The fourth-order valence-corrected chi connectivity index (χ4v) is 3.66. The van der Waals surface area contributed by atoms with Crippen LogP contribution in [0.15, 0.2) is 30.0 Å². The smallest absolute Gasteiger partial charge is 0.338 e. The van der Waals surface area contributed by atoms with Crippen LogP contribution in [-0.4, -0.2) is 41.0 Å². The van der Waals surface area contributed by atoms with Gasteiger partial charge in [0.1, 0.15) is 5.70 Å². The number of rotatable bonds is 5. The fourth-order valence-electron chi connectivity index (χ4n) is 3.66. The predicted octanol–water partition coefficient (Wildman–Crippen LogP) is 3.49. The van der Waals surface area contributed by atoms with Crippen LogP contribution in [0, 0.1) is 20.8 Å². The molecule has 0 bridgehead atoms. The van der Waals surface area contributed by atoms with E-state index in [0.717, 1.165) is 28.2 Å². The molecule has 29 heavy (non-hydrogen) atoms. The molecule has 7 heteroatoms. The van der Waals surface area contributed by atoms with Gasteiger partial charge in [-0.2, -0.15) is 0 Å². The number of nitrogens with one attached hydrogen (secondary N) is 1. The van der Waals surface area contributed by atoms with Crippen molar-refractivity contribution in [2.24, 2.45) is 0 Å². The standard InChI is InChI=1S/C22H25N3O4/c1-6-10-24-20(26)18(23-22(24)28)12-16-11-13(2)25(15(16)4)19-9-7-8-17(14(19)3)21(27)29-5/h7-9,11-12H,6,10H2,1-5H3,(H,23,28)/b18-12+. The summed E-state index contributed by atoms with van der Waals surface area (Å²) in [5.74, 6) is -0.699. The van der Waals surface area contributed by atoms with E-state index in [2.05, 4.69) is 5.32 Å². The predicted molar refractivity (Wildman–Crippen MR) is 110 cm³/mol. The quantitative estimate of drug-likeness (QED) is 0.477. The lowest BCUT2D eigenvalue weighted by Crippen LogP contribution is -2.31. The molecule has 1 saturated heterocycles. The highest BCUT2D eigenvalue weighted by Gasteiger charge is 2.33. The molecule has 1 aliphatic rings. The summed E-state index contributed by atoms with van der Waals surface area (Å²) in [5.41, 5.74) is 5.11. The molecule has 2 heterocycles. The van der Waals surface area contributed by atoms with E-state index in [1.807, 2.05) is 50.5 Å². The molecule has 1 aliphatic heterocycles. The van der Waals surface area contributed by atoms with Gasteiger partial charge in [0.25, 0.3) is 5.91 Å². The molecular weight excluding hydrogens is 370 g/mol. The molecule has 2 aromatic rings. The summed E-state index contributed by atoms with van der Waals surface area (Å²) in [6, 6.07) is 7.04. The van der Waals surface area contributed by atoms with Crippen LogP contribution in [-0.2, 0) is 9.53 Å². The lowest BCUT2D eigenvalue weighted by Gasteiger charge is -2.15. The lowest BCUT2D eigenvalue weighted by molar-refractivity contribution is -0.122. The van der Waals surface area contributed by atoms with Crippen molar-refractivity contribution in [3.05, 3.63) is 58.0 Å². The fraction of sp³-hybridized carbons (Fsp3) is 0.318. The third kappa shape index (κ3) is 3.55. The number of nitrogens with zero attached hydrogens (tertiary/aromatic N) is 2. The third-order valence-corrected chi connectivity index (χ3v) is 5.13. The first-order valence-corrected chi connectivity index (χ1v) is 9.51.